The second kappa shape index (κ2) is 8.00. The molecule has 14 heteroatoms. The van der Waals surface area contributed by atoms with E-state index in [1.165, 1.54) is 20.0 Å². The first-order chi connectivity index (χ1) is 14.4. The summed E-state index contributed by atoms with van der Waals surface area (Å²) in [5.74, 6) is -1.25. The van der Waals surface area contributed by atoms with Crippen molar-refractivity contribution in [2.45, 2.75) is 38.8 Å². The third-order valence-corrected chi connectivity index (χ3v) is 3.97. The third kappa shape index (κ3) is 4.83. The van der Waals surface area contributed by atoms with Crippen LogP contribution in [0.4, 0.5) is 26.3 Å². The van der Waals surface area contributed by atoms with Gasteiger partial charge in [-0.1, -0.05) is 5.21 Å². The number of hydrogen-bond acceptors (Lipinski definition) is 6. The standard InChI is InChI=1S/C17H14F6N6O2/c1-9(2)29-14(17(21,22)23)12(6-25-29)15(30)31-8-11-7-28(27-26-11)13-4-3-10(5-24-13)16(18,19)20/h3-7,9H,8H2,1-2H3. The highest BCUT2D eigenvalue weighted by Crippen LogP contribution is 2.34. The summed E-state index contributed by atoms with van der Waals surface area (Å²) in [5, 5.41) is 10.9. The Hall–Kier alpha value is -3.45. The first kappa shape index (κ1) is 22.2. The Kier molecular flexibility index (Phi) is 5.74. The van der Waals surface area contributed by atoms with Gasteiger partial charge in [-0.3, -0.25) is 4.68 Å². The molecule has 0 atom stereocenters. The van der Waals surface area contributed by atoms with E-state index in [1.807, 2.05) is 0 Å². The summed E-state index contributed by atoms with van der Waals surface area (Å²) in [6.07, 6.45) is -6.78. The molecule has 0 aliphatic rings. The number of carbonyl (C=O) groups is 1. The molecule has 0 bridgehead atoms. The molecule has 0 saturated heterocycles. The number of aromatic nitrogens is 6. The molecule has 0 unspecified atom stereocenters. The van der Waals surface area contributed by atoms with Crippen molar-refractivity contribution >= 4 is 5.97 Å². The highest BCUT2D eigenvalue weighted by molar-refractivity contribution is 5.90. The largest absolute Gasteiger partial charge is 0.455 e. The van der Waals surface area contributed by atoms with Gasteiger partial charge in [-0.15, -0.1) is 5.10 Å². The molecular weight excluding hydrogens is 434 g/mol. The summed E-state index contributed by atoms with van der Waals surface area (Å²) in [5.41, 5.74) is -2.89. The molecule has 0 fully saturated rings. The van der Waals surface area contributed by atoms with E-state index in [4.69, 9.17) is 4.74 Å². The number of nitrogens with zero attached hydrogens (tertiary/aromatic N) is 6. The van der Waals surface area contributed by atoms with Crippen molar-refractivity contribution in [2.75, 3.05) is 0 Å². The van der Waals surface area contributed by atoms with Crippen LogP contribution in [0, 0.1) is 0 Å². The predicted octanol–water partition coefficient (Wildman–Crippen LogP) is 3.83. The highest BCUT2D eigenvalue weighted by Gasteiger charge is 2.41. The van der Waals surface area contributed by atoms with Gasteiger partial charge in [-0.05, 0) is 26.0 Å². The molecule has 8 nitrogen and oxygen atoms in total. The van der Waals surface area contributed by atoms with Gasteiger partial charge < -0.3 is 4.74 Å². The van der Waals surface area contributed by atoms with Crippen molar-refractivity contribution in [1.82, 2.24) is 29.8 Å². The molecule has 3 aromatic rings. The Bertz CT molecular complexity index is 1070. The lowest BCUT2D eigenvalue weighted by molar-refractivity contribution is -0.145. The second-order valence-electron chi connectivity index (χ2n) is 6.58. The van der Waals surface area contributed by atoms with Gasteiger partial charge in [-0.25, -0.2) is 14.5 Å². The smallest absolute Gasteiger partial charge is 0.433 e. The molecule has 31 heavy (non-hydrogen) atoms. The van der Waals surface area contributed by atoms with Gasteiger partial charge in [0.2, 0.25) is 0 Å². The molecule has 0 spiro atoms. The van der Waals surface area contributed by atoms with Crippen molar-refractivity contribution in [1.29, 1.82) is 0 Å². The van der Waals surface area contributed by atoms with Gasteiger partial charge in [0.05, 0.1) is 18.0 Å². The Balaban J connectivity index is 1.72. The summed E-state index contributed by atoms with van der Waals surface area (Å²) >= 11 is 0. The van der Waals surface area contributed by atoms with Gasteiger partial charge in [0, 0.05) is 12.2 Å². The van der Waals surface area contributed by atoms with E-state index in [0.29, 0.717) is 10.9 Å². The van der Waals surface area contributed by atoms with Crippen LogP contribution in [0.1, 0.15) is 47.2 Å². The fourth-order valence-electron chi connectivity index (χ4n) is 2.57. The van der Waals surface area contributed by atoms with Crippen LogP contribution in [-0.2, 0) is 23.7 Å². The second-order valence-corrected chi connectivity index (χ2v) is 6.58. The van der Waals surface area contributed by atoms with Crippen LogP contribution in [0.3, 0.4) is 0 Å². The molecule has 0 saturated carbocycles. The van der Waals surface area contributed by atoms with E-state index in [2.05, 4.69) is 20.4 Å². The van der Waals surface area contributed by atoms with Crippen molar-refractivity contribution in [2.24, 2.45) is 0 Å². The Labute approximate surface area is 170 Å². The summed E-state index contributed by atoms with van der Waals surface area (Å²) in [6.45, 7) is 2.43. The van der Waals surface area contributed by atoms with Crippen molar-refractivity contribution in [3.8, 4) is 5.82 Å². The number of carbonyl (C=O) groups excluding carboxylic acids is 1. The van der Waals surface area contributed by atoms with Gasteiger partial charge in [0.25, 0.3) is 0 Å². The van der Waals surface area contributed by atoms with Crippen molar-refractivity contribution in [3.63, 3.8) is 0 Å². The van der Waals surface area contributed by atoms with Crippen LogP contribution < -0.4 is 0 Å². The van der Waals surface area contributed by atoms with Crippen molar-refractivity contribution < 1.29 is 35.9 Å². The van der Waals surface area contributed by atoms with Crippen LogP contribution in [-0.4, -0.2) is 35.7 Å². The van der Waals surface area contributed by atoms with E-state index in [-0.39, 0.29) is 11.5 Å². The summed E-state index contributed by atoms with van der Waals surface area (Å²) < 4.78 is 84.4. The number of halogens is 6. The molecule has 0 N–H and O–H groups in total. The lowest BCUT2D eigenvalue weighted by Crippen LogP contribution is -2.20. The molecule has 3 rings (SSSR count). The maximum Gasteiger partial charge on any atom is 0.433 e. The molecule has 3 aromatic heterocycles. The van der Waals surface area contributed by atoms with Crippen LogP contribution in [0.15, 0.2) is 30.7 Å². The molecule has 0 aliphatic heterocycles. The monoisotopic (exact) mass is 448 g/mol. The summed E-state index contributed by atoms with van der Waals surface area (Å²) in [7, 11) is 0. The Morgan fingerprint density at radius 3 is 2.35 bits per heavy atom. The van der Waals surface area contributed by atoms with E-state index in [1.54, 1.807) is 0 Å². The molecule has 166 valence electrons. The lowest BCUT2D eigenvalue weighted by atomic mass is 10.2. The number of alkyl halides is 6. The normalized spacial score (nSPS) is 12.4. The zero-order chi connectivity index (χ0) is 23.0. The SMILES string of the molecule is CC(C)n1ncc(C(=O)OCc2cn(-c3ccc(C(F)(F)F)cn3)nn2)c1C(F)(F)F. The van der Waals surface area contributed by atoms with Gasteiger partial charge in [0.15, 0.2) is 11.5 Å². The highest BCUT2D eigenvalue weighted by atomic mass is 19.4. The molecule has 0 aromatic carbocycles. The topological polar surface area (TPSA) is 87.7 Å². The Morgan fingerprint density at radius 2 is 1.81 bits per heavy atom. The number of rotatable bonds is 5. The van der Waals surface area contributed by atoms with E-state index >= 15 is 0 Å². The van der Waals surface area contributed by atoms with E-state index < -0.39 is 47.8 Å². The maximum absolute atomic E-state index is 13.3. The average molecular weight is 448 g/mol. The van der Waals surface area contributed by atoms with Gasteiger partial charge >= 0.3 is 18.3 Å². The van der Waals surface area contributed by atoms with Crippen LogP contribution >= 0.6 is 0 Å². The maximum atomic E-state index is 13.3. The summed E-state index contributed by atoms with van der Waals surface area (Å²) in [6, 6.07) is 1.21. The molecule has 0 aliphatic carbocycles. The molecule has 0 radical (unpaired) electrons. The molecular formula is C17H14F6N6O2. The van der Waals surface area contributed by atoms with E-state index in [9.17, 15) is 31.1 Å². The third-order valence-electron chi connectivity index (χ3n) is 3.97. The van der Waals surface area contributed by atoms with Crippen molar-refractivity contribution in [3.05, 3.63) is 53.2 Å². The number of hydrogen-bond donors (Lipinski definition) is 0. The fraction of sp³-hybridized carbons (Fsp3) is 0.353. The summed E-state index contributed by atoms with van der Waals surface area (Å²) in [4.78, 5) is 15.8. The zero-order valence-electron chi connectivity index (χ0n) is 15.9. The number of ether oxygens (including phenoxy) is 1. The number of esters is 1. The molecule has 0 amide bonds. The van der Waals surface area contributed by atoms with Gasteiger partial charge in [-0.2, -0.15) is 31.4 Å². The first-order valence-electron chi connectivity index (χ1n) is 8.64. The predicted molar refractivity (Wildman–Crippen MR) is 90.9 cm³/mol. The average Bonchev–Trinajstić information content (AvgIpc) is 3.32. The minimum absolute atomic E-state index is 0.00986. The quantitative estimate of drug-likeness (QED) is 0.436. The minimum Gasteiger partial charge on any atom is -0.455 e. The first-order valence-corrected chi connectivity index (χ1v) is 8.64. The fourth-order valence-corrected chi connectivity index (χ4v) is 2.57. The number of pyridine rings is 1. The van der Waals surface area contributed by atoms with E-state index in [0.717, 1.165) is 23.0 Å². The molecule has 3 heterocycles. The zero-order valence-corrected chi connectivity index (χ0v) is 15.9. The lowest BCUT2D eigenvalue weighted by Gasteiger charge is -2.14. The van der Waals surface area contributed by atoms with Crippen LogP contribution in [0.5, 0.6) is 0 Å². The minimum atomic E-state index is -4.83. The van der Waals surface area contributed by atoms with Crippen LogP contribution in [0.25, 0.3) is 5.82 Å². The van der Waals surface area contributed by atoms with Gasteiger partial charge in [0.1, 0.15) is 17.9 Å². The van der Waals surface area contributed by atoms with Crippen LogP contribution in [0.2, 0.25) is 0 Å². The Morgan fingerprint density at radius 1 is 1.10 bits per heavy atom.